The Hall–Kier alpha value is -4.06. The lowest BCUT2D eigenvalue weighted by atomic mass is 9.81. The van der Waals surface area contributed by atoms with Crippen LogP contribution in [0.5, 0.6) is 0 Å². The molecule has 0 radical (unpaired) electrons. The Kier molecular flexibility index (Phi) is 4.80. The Bertz CT molecular complexity index is 1510. The molecule has 0 saturated heterocycles. The second-order valence-corrected chi connectivity index (χ2v) is 11.4. The van der Waals surface area contributed by atoms with Crippen LogP contribution in [0.25, 0.3) is 56.1 Å². The molecule has 6 nitrogen and oxygen atoms in total. The average Bonchev–Trinajstić information content (AvgIpc) is 3.19. The third-order valence-corrected chi connectivity index (χ3v) is 6.85. The molecule has 0 saturated carbocycles. The van der Waals surface area contributed by atoms with E-state index in [0.717, 1.165) is 22.3 Å². The lowest BCUT2D eigenvalue weighted by Crippen LogP contribution is -2.12. The molecule has 0 fully saturated rings. The Labute approximate surface area is 210 Å². The summed E-state index contributed by atoms with van der Waals surface area (Å²) >= 11 is 0. The fraction of sp³-hybridized carbons (Fsp3) is 0.267. The molecule has 1 aliphatic carbocycles. The van der Waals surface area contributed by atoms with Gasteiger partial charge in [-0.2, -0.15) is 0 Å². The van der Waals surface area contributed by atoms with Crippen LogP contribution >= 0.6 is 0 Å². The maximum absolute atomic E-state index is 4.68. The summed E-state index contributed by atoms with van der Waals surface area (Å²) in [5, 5.41) is 11.8. The predicted molar refractivity (Wildman–Crippen MR) is 143 cm³/mol. The number of benzene rings is 2. The Balaban J connectivity index is 1.80. The quantitative estimate of drug-likeness (QED) is 0.276. The van der Waals surface area contributed by atoms with E-state index >= 15 is 0 Å². The first-order chi connectivity index (χ1) is 17.1. The van der Waals surface area contributed by atoms with Gasteiger partial charge in [0.05, 0.1) is 0 Å². The summed E-state index contributed by atoms with van der Waals surface area (Å²) in [6, 6.07) is 12.9. The first-order valence-corrected chi connectivity index (χ1v) is 12.2. The summed E-state index contributed by atoms with van der Waals surface area (Å²) in [4.78, 5) is 18.2. The second kappa shape index (κ2) is 7.72. The molecule has 3 aromatic heterocycles. The van der Waals surface area contributed by atoms with Crippen LogP contribution in [-0.2, 0) is 10.8 Å². The molecule has 0 atom stereocenters. The minimum Gasteiger partial charge on any atom is -0.235 e. The van der Waals surface area contributed by atoms with E-state index in [1.807, 2.05) is 12.1 Å². The third kappa shape index (κ3) is 3.48. The van der Waals surface area contributed by atoms with Crippen LogP contribution < -0.4 is 0 Å². The molecule has 36 heavy (non-hydrogen) atoms. The summed E-state index contributed by atoms with van der Waals surface area (Å²) in [6.07, 6.45) is 6.97. The molecule has 2 aromatic carbocycles. The van der Waals surface area contributed by atoms with E-state index in [0.29, 0.717) is 23.0 Å². The number of aromatic nitrogens is 6. The van der Waals surface area contributed by atoms with Crippen molar-refractivity contribution in [3.63, 3.8) is 0 Å². The number of rotatable bonds is 2. The van der Waals surface area contributed by atoms with Crippen LogP contribution in [0.1, 0.15) is 52.7 Å². The van der Waals surface area contributed by atoms with E-state index in [9.17, 15) is 0 Å². The van der Waals surface area contributed by atoms with E-state index < -0.39 is 0 Å². The van der Waals surface area contributed by atoms with Gasteiger partial charge in [0.2, 0.25) is 0 Å². The molecule has 6 rings (SSSR count). The molecule has 0 unspecified atom stereocenters. The lowest BCUT2D eigenvalue weighted by Gasteiger charge is -2.23. The predicted octanol–water partition coefficient (Wildman–Crippen LogP) is 6.79. The molecule has 6 heteroatoms. The maximum atomic E-state index is 4.68. The molecule has 0 spiro atoms. The van der Waals surface area contributed by atoms with Gasteiger partial charge in [-0.15, -0.1) is 10.2 Å². The highest BCUT2D eigenvalue weighted by molar-refractivity contribution is 6.20. The maximum Gasteiger partial charge on any atom is 0.180 e. The smallest absolute Gasteiger partial charge is 0.180 e. The van der Waals surface area contributed by atoms with Gasteiger partial charge >= 0.3 is 0 Å². The number of hydrogen-bond acceptors (Lipinski definition) is 6. The Morgan fingerprint density at radius 3 is 1.28 bits per heavy atom. The van der Waals surface area contributed by atoms with Crippen molar-refractivity contribution < 1.29 is 0 Å². The van der Waals surface area contributed by atoms with E-state index in [-0.39, 0.29) is 10.8 Å². The van der Waals surface area contributed by atoms with Crippen LogP contribution in [-0.4, -0.2) is 30.1 Å². The summed E-state index contributed by atoms with van der Waals surface area (Å²) in [5.41, 5.74) is 8.09. The standard InChI is InChI=1S/C30H28N6/c1-29(2,3)18-13-17-14-19(30(4,5)6)16-21-22(17)20(15-18)23-24(21)26(28-33-11-8-12-34-28)36-35-25(23)27-31-9-7-10-32-27/h7-16H,1-6H3. The molecule has 178 valence electrons. The van der Waals surface area contributed by atoms with Crippen LogP contribution in [0.3, 0.4) is 0 Å². The number of hydrogen-bond donors (Lipinski definition) is 0. The first kappa shape index (κ1) is 22.4. The Morgan fingerprint density at radius 2 is 0.917 bits per heavy atom. The van der Waals surface area contributed by atoms with E-state index in [4.69, 9.17) is 0 Å². The normalized spacial score (nSPS) is 12.7. The minimum atomic E-state index is -0.0272. The summed E-state index contributed by atoms with van der Waals surface area (Å²) in [6.45, 7) is 13.5. The number of fused-ring (bicyclic) bond motifs is 3. The zero-order valence-corrected chi connectivity index (χ0v) is 21.5. The lowest BCUT2D eigenvalue weighted by molar-refractivity contribution is 0.589. The van der Waals surface area contributed by atoms with Gasteiger partial charge in [0.1, 0.15) is 11.4 Å². The fourth-order valence-corrected chi connectivity index (χ4v) is 4.89. The van der Waals surface area contributed by atoms with Gasteiger partial charge in [0.15, 0.2) is 11.6 Å². The van der Waals surface area contributed by atoms with E-state index in [2.05, 4.69) is 95.9 Å². The van der Waals surface area contributed by atoms with Gasteiger partial charge in [-0.3, -0.25) is 0 Å². The molecule has 0 amide bonds. The van der Waals surface area contributed by atoms with Crippen molar-refractivity contribution in [1.29, 1.82) is 0 Å². The van der Waals surface area contributed by atoms with Crippen molar-refractivity contribution in [3.8, 4) is 45.3 Å². The average molecular weight is 473 g/mol. The monoisotopic (exact) mass is 472 g/mol. The van der Waals surface area contributed by atoms with Crippen LogP contribution in [0, 0.1) is 0 Å². The molecule has 1 aliphatic rings. The molecule has 3 heterocycles. The highest BCUT2D eigenvalue weighted by atomic mass is 15.1. The minimum absolute atomic E-state index is 0.0272. The third-order valence-electron chi connectivity index (χ3n) is 6.85. The summed E-state index contributed by atoms with van der Waals surface area (Å²) in [5.74, 6) is 1.11. The van der Waals surface area contributed by atoms with Crippen molar-refractivity contribution in [2.75, 3.05) is 0 Å². The van der Waals surface area contributed by atoms with Gasteiger partial charge in [-0.25, -0.2) is 19.9 Å². The van der Waals surface area contributed by atoms with Gasteiger partial charge in [0, 0.05) is 35.9 Å². The Morgan fingerprint density at radius 1 is 0.528 bits per heavy atom. The fourth-order valence-electron chi connectivity index (χ4n) is 4.89. The highest BCUT2D eigenvalue weighted by Crippen LogP contribution is 2.54. The van der Waals surface area contributed by atoms with E-state index in [1.165, 1.54) is 21.9 Å². The van der Waals surface area contributed by atoms with Gasteiger partial charge < -0.3 is 0 Å². The molecular weight excluding hydrogens is 444 g/mol. The van der Waals surface area contributed by atoms with Gasteiger partial charge in [-0.1, -0.05) is 53.7 Å². The largest absolute Gasteiger partial charge is 0.235 e. The molecule has 0 N–H and O–H groups in total. The van der Waals surface area contributed by atoms with Crippen LogP contribution in [0.15, 0.2) is 61.2 Å². The van der Waals surface area contributed by atoms with Crippen molar-refractivity contribution in [2.45, 2.75) is 52.4 Å². The van der Waals surface area contributed by atoms with Crippen LogP contribution in [0.4, 0.5) is 0 Å². The first-order valence-electron chi connectivity index (χ1n) is 12.2. The zero-order valence-electron chi connectivity index (χ0n) is 21.5. The molecule has 0 bridgehead atoms. The topological polar surface area (TPSA) is 77.3 Å². The van der Waals surface area contributed by atoms with Crippen molar-refractivity contribution in [2.24, 2.45) is 0 Å². The van der Waals surface area contributed by atoms with E-state index in [1.54, 1.807) is 24.8 Å². The van der Waals surface area contributed by atoms with Gasteiger partial charge in [0.25, 0.3) is 0 Å². The van der Waals surface area contributed by atoms with Crippen molar-refractivity contribution in [1.82, 2.24) is 30.1 Å². The summed E-state index contributed by atoms with van der Waals surface area (Å²) in [7, 11) is 0. The van der Waals surface area contributed by atoms with Crippen molar-refractivity contribution in [3.05, 3.63) is 72.3 Å². The number of nitrogens with zero attached hydrogens (tertiary/aromatic N) is 6. The van der Waals surface area contributed by atoms with Crippen molar-refractivity contribution >= 4 is 10.8 Å². The second-order valence-electron chi connectivity index (χ2n) is 11.4. The molecular formula is C30H28N6. The highest BCUT2D eigenvalue weighted by Gasteiger charge is 2.34. The molecule has 5 aromatic rings. The van der Waals surface area contributed by atoms with Crippen LogP contribution in [0.2, 0.25) is 0 Å². The SMILES string of the molecule is CC(C)(C)c1cc2c3c(cc(C(C)(C)C)cc3c1)-c1c(-c3ncccn3)nnc(-c3ncccn3)c1-2. The molecule has 0 aliphatic heterocycles. The zero-order chi connectivity index (χ0) is 25.2. The summed E-state index contributed by atoms with van der Waals surface area (Å²) < 4.78 is 0. The van der Waals surface area contributed by atoms with Gasteiger partial charge in [-0.05, 0) is 68.1 Å².